The molecule has 0 saturated carbocycles. The van der Waals surface area contributed by atoms with Crippen LogP contribution < -0.4 is 5.73 Å². The largest absolute Gasteiger partial charge is 0.337 e. The number of nitrogens with two attached hydrogens (primary N) is 1. The maximum atomic E-state index is 12.8. The van der Waals surface area contributed by atoms with Gasteiger partial charge < -0.3 is 10.6 Å². The Hall–Kier alpha value is -0.960. The lowest BCUT2D eigenvalue weighted by atomic mass is 9.79. The van der Waals surface area contributed by atoms with Crippen LogP contribution in [0.3, 0.4) is 0 Å². The minimum Gasteiger partial charge on any atom is -0.337 e. The van der Waals surface area contributed by atoms with Gasteiger partial charge in [0.1, 0.15) is 9.77 Å². The van der Waals surface area contributed by atoms with Crippen LogP contribution in [0.1, 0.15) is 29.9 Å². The Bertz CT molecular complexity index is 665. The van der Waals surface area contributed by atoms with Crippen LogP contribution in [-0.2, 0) is 10.0 Å². The van der Waals surface area contributed by atoms with Crippen molar-refractivity contribution in [1.82, 2.24) is 9.21 Å². The first-order chi connectivity index (χ1) is 10.1. The van der Waals surface area contributed by atoms with E-state index in [1.807, 2.05) is 13.8 Å². The number of thiophene rings is 1. The summed E-state index contributed by atoms with van der Waals surface area (Å²) in [7, 11) is -0.691. The van der Waals surface area contributed by atoms with Gasteiger partial charge in [0.15, 0.2) is 0 Å². The fourth-order valence-electron chi connectivity index (χ4n) is 2.54. The molecule has 1 saturated heterocycles. The molecule has 0 spiro atoms. The van der Waals surface area contributed by atoms with Crippen LogP contribution >= 0.6 is 11.3 Å². The van der Waals surface area contributed by atoms with E-state index < -0.39 is 10.0 Å². The van der Waals surface area contributed by atoms with Crippen LogP contribution in [0.4, 0.5) is 0 Å². The molecule has 1 aliphatic heterocycles. The van der Waals surface area contributed by atoms with Gasteiger partial charge in [-0.25, -0.2) is 12.7 Å². The SMILES string of the molecule is CN(C)S(=O)(=O)c1ccsc1C(=O)N1CCC(N)C(C)(C)C1. The predicted octanol–water partition coefficient (Wildman–Crippen LogP) is 1.20. The second-order valence-corrected chi connectivity index (χ2v) is 9.55. The van der Waals surface area contributed by atoms with E-state index in [2.05, 4.69) is 0 Å². The number of sulfonamides is 1. The van der Waals surface area contributed by atoms with Crippen molar-refractivity contribution in [2.75, 3.05) is 27.2 Å². The molecule has 0 bridgehead atoms. The fourth-order valence-corrected chi connectivity index (χ4v) is 4.80. The number of piperidine rings is 1. The number of hydrogen-bond donors (Lipinski definition) is 1. The molecule has 124 valence electrons. The van der Waals surface area contributed by atoms with Gasteiger partial charge in [-0.2, -0.15) is 0 Å². The van der Waals surface area contributed by atoms with Crippen molar-refractivity contribution in [3.8, 4) is 0 Å². The molecule has 2 N–H and O–H groups in total. The van der Waals surface area contributed by atoms with Gasteiger partial charge in [-0.05, 0) is 23.3 Å². The third-order valence-electron chi connectivity index (χ3n) is 4.18. The van der Waals surface area contributed by atoms with Crippen molar-refractivity contribution >= 4 is 27.3 Å². The Labute approximate surface area is 135 Å². The van der Waals surface area contributed by atoms with Crippen LogP contribution in [0.25, 0.3) is 0 Å². The van der Waals surface area contributed by atoms with Crippen LogP contribution in [0.2, 0.25) is 0 Å². The quantitative estimate of drug-likeness (QED) is 0.892. The Balaban J connectivity index is 2.31. The van der Waals surface area contributed by atoms with Gasteiger partial charge in [0.2, 0.25) is 10.0 Å². The van der Waals surface area contributed by atoms with E-state index in [0.717, 1.165) is 10.7 Å². The molecule has 1 aliphatic rings. The number of carbonyl (C=O) groups excluding carboxylic acids is 1. The van der Waals surface area contributed by atoms with E-state index in [9.17, 15) is 13.2 Å². The van der Waals surface area contributed by atoms with Crippen molar-refractivity contribution in [3.63, 3.8) is 0 Å². The lowest BCUT2D eigenvalue weighted by Crippen LogP contribution is -2.54. The second-order valence-electron chi connectivity index (χ2n) is 6.51. The molecule has 0 radical (unpaired) electrons. The molecule has 22 heavy (non-hydrogen) atoms. The zero-order chi connectivity index (χ0) is 16.7. The van der Waals surface area contributed by atoms with Crippen molar-refractivity contribution in [2.24, 2.45) is 11.1 Å². The average molecular weight is 345 g/mol. The van der Waals surface area contributed by atoms with Gasteiger partial charge in [0.25, 0.3) is 5.91 Å². The van der Waals surface area contributed by atoms with E-state index in [1.165, 1.54) is 31.5 Å². The number of amides is 1. The summed E-state index contributed by atoms with van der Waals surface area (Å²) in [5.41, 5.74) is 5.92. The zero-order valence-corrected chi connectivity index (χ0v) is 15.0. The lowest BCUT2D eigenvalue weighted by molar-refractivity contribution is 0.0534. The minimum absolute atomic E-state index is 0.0462. The second kappa shape index (κ2) is 5.92. The summed E-state index contributed by atoms with van der Waals surface area (Å²) in [5.74, 6) is -0.226. The fraction of sp³-hybridized carbons (Fsp3) is 0.643. The monoisotopic (exact) mass is 345 g/mol. The van der Waals surface area contributed by atoms with E-state index in [-0.39, 0.29) is 27.1 Å². The van der Waals surface area contributed by atoms with Crippen molar-refractivity contribution < 1.29 is 13.2 Å². The molecular formula is C14H23N3O3S2. The molecular weight excluding hydrogens is 322 g/mol. The Morgan fingerprint density at radius 2 is 2.09 bits per heavy atom. The van der Waals surface area contributed by atoms with E-state index in [4.69, 9.17) is 5.73 Å². The molecule has 0 aromatic carbocycles. The van der Waals surface area contributed by atoms with Crippen LogP contribution in [0.5, 0.6) is 0 Å². The number of carbonyl (C=O) groups is 1. The third kappa shape index (κ3) is 3.05. The Morgan fingerprint density at radius 1 is 1.45 bits per heavy atom. The predicted molar refractivity (Wildman–Crippen MR) is 87.5 cm³/mol. The number of rotatable bonds is 3. The van der Waals surface area contributed by atoms with Gasteiger partial charge in [0, 0.05) is 33.2 Å². The summed E-state index contributed by atoms with van der Waals surface area (Å²) in [4.78, 5) is 14.8. The zero-order valence-electron chi connectivity index (χ0n) is 13.4. The van der Waals surface area contributed by atoms with E-state index in [0.29, 0.717) is 13.1 Å². The smallest absolute Gasteiger partial charge is 0.265 e. The average Bonchev–Trinajstić information content (AvgIpc) is 2.90. The van der Waals surface area contributed by atoms with Crippen molar-refractivity contribution in [3.05, 3.63) is 16.3 Å². The summed E-state index contributed by atoms with van der Waals surface area (Å²) >= 11 is 1.17. The molecule has 0 aliphatic carbocycles. The molecule has 2 heterocycles. The maximum absolute atomic E-state index is 12.8. The molecule has 1 amide bonds. The highest BCUT2D eigenvalue weighted by molar-refractivity contribution is 7.89. The highest BCUT2D eigenvalue weighted by atomic mass is 32.2. The van der Waals surface area contributed by atoms with Gasteiger partial charge in [-0.1, -0.05) is 13.8 Å². The summed E-state index contributed by atoms with van der Waals surface area (Å²) in [5, 5.41) is 1.64. The third-order valence-corrected chi connectivity index (χ3v) is 7.07. The molecule has 6 nitrogen and oxygen atoms in total. The molecule has 1 unspecified atom stereocenters. The normalized spacial score (nSPS) is 22.1. The number of likely N-dealkylation sites (tertiary alicyclic amines) is 1. The highest BCUT2D eigenvalue weighted by Gasteiger charge is 2.37. The first-order valence-corrected chi connectivity index (χ1v) is 9.44. The molecule has 1 aromatic heterocycles. The topological polar surface area (TPSA) is 83.7 Å². The number of nitrogens with zero attached hydrogens (tertiary/aromatic N) is 2. The van der Waals surface area contributed by atoms with E-state index >= 15 is 0 Å². The van der Waals surface area contributed by atoms with Crippen molar-refractivity contribution in [2.45, 2.75) is 31.2 Å². The minimum atomic E-state index is -3.62. The summed E-state index contributed by atoms with van der Waals surface area (Å²) in [6, 6.07) is 1.54. The van der Waals surface area contributed by atoms with Crippen LogP contribution in [0, 0.1) is 5.41 Å². The first kappa shape index (κ1) is 17.4. The molecule has 1 fully saturated rings. The first-order valence-electron chi connectivity index (χ1n) is 7.12. The molecule has 1 atom stereocenters. The Morgan fingerprint density at radius 3 is 2.64 bits per heavy atom. The lowest BCUT2D eigenvalue weighted by Gasteiger charge is -2.42. The van der Waals surface area contributed by atoms with Gasteiger partial charge in [0.05, 0.1) is 0 Å². The van der Waals surface area contributed by atoms with Gasteiger partial charge >= 0.3 is 0 Å². The maximum Gasteiger partial charge on any atom is 0.265 e. The molecule has 2 rings (SSSR count). The van der Waals surface area contributed by atoms with Crippen LogP contribution in [-0.4, -0.2) is 56.8 Å². The number of hydrogen-bond acceptors (Lipinski definition) is 5. The van der Waals surface area contributed by atoms with Crippen LogP contribution in [0.15, 0.2) is 16.3 Å². The highest BCUT2D eigenvalue weighted by Crippen LogP contribution is 2.31. The standard InChI is InChI=1S/C14H23N3O3S2/c1-14(2)9-17(7-5-11(14)15)13(18)12-10(6-8-21-12)22(19,20)16(3)4/h6,8,11H,5,7,9,15H2,1-4H3. The summed E-state index contributed by atoms with van der Waals surface area (Å²) in [6.07, 6.45) is 0.722. The van der Waals surface area contributed by atoms with Crippen molar-refractivity contribution in [1.29, 1.82) is 0 Å². The van der Waals surface area contributed by atoms with Gasteiger partial charge in [-0.15, -0.1) is 11.3 Å². The summed E-state index contributed by atoms with van der Waals surface area (Å²) in [6.45, 7) is 5.15. The molecule has 1 aromatic rings. The van der Waals surface area contributed by atoms with E-state index in [1.54, 1.807) is 10.3 Å². The summed E-state index contributed by atoms with van der Waals surface area (Å²) < 4.78 is 25.8. The Kier molecular flexibility index (Phi) is 4.68. The molecule has 8 heteroatoms. The van der Waals surface area contributed by atoms with Gasteiger partial charge in [-0.3, -0.25) is 4.79 Å².